The van der Waals surface area contributed by atoms with Gasteiger partial charge in [-0.15, -0.1) is 0 Å². The number of likely N-dealkylation sites (N-methyl/N-ethyl adjacent to an activating group) is 1. The van der Waals surface area contributed by atoms with Crippen LogP contribution in [-0.2, 0) is 34.2 Å². The summed E-state index contributed by atoms with van der Waals surface area (Å²) < 4.78 is 60.8. The minimum Gasteiger partial charge on any atom is -0.497 e. The fourth-order valence-electron chi connectivity index (χ4n) is 5.23. The second kappa shape index (κ2) is 16.8. The van der Waals surface area contributed by atoms with Gasteiger partial charge in [0.25, 0.3) is 0 Å². The molecule has 0 saturated heterocycles. The summed E-state index contributed by atoms with van der Waals surface area (Å²) >= 11 is 0. The van der Waals surface area contributed by atoms with Crippen LogP contribution in [0.1, 0.15) is 62.1 Å². The molecule has 1 aliphatic rings. The number of aryl methyl sites for hydroxylation is 1. The van der Waals surface area contributed by atoms with Gasteiger partial charge in [0, 0.05) is 26.2 Å². The number of sulfonamides is 1. The molecule has 2 aromatic carbocycles. The number of carbonyl (C=O) groups excluding carboxylic acids is 1. The van der Waals surface area contributed by atoms with Crippen molar-refractivity contribution in [2.24, 2.45) is 0 Å². The van der Waals surface area contributed by atoms with E-state index in [0.717, 1.165) is 65.7 Å². The fraction of sp³-hybridized carbons (Fsp3) is 0.531. The number of β-amino-alcohol motifs (C(OH)–C–C–N with tert-alkyl or cyclic N) is 1. The van der Waals surface area contributed by atoms with Gasteiger partial charge in [0.05, 0.1) is 25.0 Å². The molecule has 8 nitrogen and oxygen atoms in total. The summed E-state index contributed by atoms with van der Waals surface area (Å²) in [6, 6.07) is 6.93. The van der Waals surface area contributed by atoms with Crippen LogP contribution >= 0.6 is 0 Å². The molecule has 3 rings (SSSR count). The Balaban J connectivity index is 1.93. The molecule has 1 aliphatic heterocycles. The first kappa shape index (κ1) is 34.6. The van der Waals surface area contributed by atoms with Gasteiger partial charge in [0.15, 0.2) is 0 Å². The van der Waals surface area contributed by atoms with Crippen LogP contribution in [0.4, 0.5) is 8.78 Å². The van der Waals surface area contributed by atoms with Crippen LogP contribution in [0.5, 0.6) is 5.75 Å². The minimum absolute atomic E-state index is 0.0646. The number of nitrogens with one attached hydrogen (secondary N) is 2. The second-order valence-corrected chi connectivity index (χ2v) is 13.2. The predicted molar refractivity (Wildman–Crippen MR) is 164 cm³/mol. The minimum atomic E-state index is -3.74. The number of carbonyl (C=O) groups is 1. The van der Waals surface area contributed by atoms with E-state index in [2.05, 4.69) is 10.6 Å². The number of benzene rings is 2. The number of allylic oxidation sites excluding steroid dienone is 1. The quantitative estimate of drug-likeness (QED) is 0.286. The summed E-state index contributed by atoms with van der Waals surface area (Å²) in [5.74, 6) is -1.49. The third-order valence-electron chi connectivity index (χ3n) is 7.78. The lowest BCUT2D eigenvalue weighted by Gasteiger charge is -2.30. The van der Waals surface area contributed by atoms with Crippen molar-refractivity contribution >= 4 is 15.9 Å². The molecular formula is C32H45F2N3O5S. The van der Waals surface area contributed by atoms with Crippen LogP contribution in [-0.4, -0.2) is 68.4 Å². The summed E-state index contributed by atoms with van der Waals surface area (Å²) in [5.41, 5.74) is 2.41. The number of aliphatic hydroxyl groups excluding tert-OH is 1. The van der Waals surface area contributed by atoms with Crippen molar-refractivity contribution in [3.63, 3.8) is 0 Å². The van der Waals surface area contributed by atoms with Crippen molar-refractivity contribution < 1.29 is 31.8 Å². The number of hydrogen-bond acceptors (Lipinski definition) is 6. The molecule has 0 bridgehead atoms. The molecule has 0 aliphatic carbocycles. The topological polar surface area (TPSA) is 108 Å². The number of aliphatic hydroxyl groups is 1. The maximum atomic E-state index is 14.0. The Kier molecular flexibility index (Phi) is 13.6. The van der Waals surface area contributed by atoms with E-state index in [0.29, 0.717) is 18.7 Å². The summed E-state index contributed by atoms with van der Waals surface area (Å²) in [6.45, 7) is 2.47. The first-order valence-electron chi connectivity index (χ1n) is 14.9. The SMILES string of the molecule is CCCCCS(=O)(=O)N(C)C1CC=CCCCc2ccc(OC)cc2CNC[C@@H](O)[C@H](Cc2cc(F)cc(F)c2)NC1=O. The first-order chi connectivity index (χ1) is 20.5. The lowest BCUT2D eigenvalue weighted by molar-refractivity contribution is -0.126. The van der Waals surface area contributed by atoms with Crippen LogP contribution in [0.15, 0.2) is 48.6 Å². The molecule has 3 N–H and O–H groups in total. The second-order valence-electron chi connectivity index (χ2n) is 11.1. The van der Waals surface area contributed by atoms with E-state index in [1.165, 1.54) is 7.05 Å². The predicted octanol–water partition coefficient (Wildman–Crippen LogP) is 4.25. The summed E-state index contributed by atoms with van der Waals surface area (Å²) in [5, 5.41) is 17.3. The Morgan fingerprint density at radius 1 is 1.07 bits per heavy atom. The van der Waals surface area contributed by atoms with Crippen LogP contribution in [0.2, 0.25) is 0 Å². The summed E-state index contributed by atoms with van der Waals surface area (Å²) in [6.07, 6.45) is 7.19. The molecule has 3 atom stereocenters. The maximum Gasteiger partial charge on any atom is 0.239 e. The molecule has 0 radical (unpaired) electrons. The van der Waals surface area contributed by atoms with Crippen molar-refractivity contribution in [2.45, 2.75) is 83.0 Å². The highest BCUT2D eigenvalue weighted by atomic mass is 32.2. The third kappa shape index (κ3) is 10.7. The fourth-order valence-corrected chi connectivity index (χ4v) is 6.65. The van der Waals surface area contributed by atoms with Crippen molar-refractivity contribution in [3.8, 4) is 5.75 Å². The van der Waals surface area contributed by atoms with Gasteiger partial charge in [-0.3, -0.25) is 4.79 Å². The lowest BCUT2D eigenvalue weighted by atomic mass is 9.98. The number of unbranched alkanes of at least 4 members (excludes halogenated alkanes) is 2. The highest BCUT2D eigenvalue weighted by Crippen LogP contribution is 2.21. The zero-order valence-electron chi connectivity index (χ0n) is 25.3. The molecule has 11 heteroatoms. The molecule has 0 fully saturated rings. The Labute approximate surface area is 254 Å². The Morgan fingerprint density at radius 3 is 2.51 bits per heavy atom. The molecule has 1 amide bonds. The molecule has 1 heterocycles. The van der Waals surface area contributed by atoms with Crippen molar-refractivity contribution in [2.75, 3.05) is 26.5 Å². The summed E-state index contributed by atoms with van der Waals surface area (Å²) in [7, 11) is -0.739. The summed E-state index contributed by atoms with van der Waals surface area (Å²) in [4.78, 5) is 13.7. The number of ether oxygens (including phenoxy) is 1. The number of hydrogen-bond donors (Lipinski definition) is 3. The van der Waals surface area contributed by atoms with E-state index in [9.17, 15) is 27.1 Å². The van der Waals surface area contributed by atoms with E-state index in [4.69, 9.17) is 4.74 Å². The van der Waals surface area contributed by atoms with Crippen molar-refractivity contribution in [1.29, 1.82) is 0 Å². The largest absolute Gasteiger partial charge is 0.497 e. The highest BCUT2D eigenvalue weighted by Gasteiger charge is 2.33. The number of methoxy groups -OCH3 is 1. The molecule has 238 valence electrons. The average molecular weight is 622 g/mol. The van der Waals surface area contributed by atoms with E-state index < -0.39 is 45.8 Å². The Morgan fingerprint density at radius 2 is 1.81 bits per heavy atom. The van der Waals surface area contributed by atoms with Gasteiger partial charge in [-0.05, 0) is 79.5 Å². The average Bonchev–Trinajstić information content (AvgIpc) is 2.95. The number of fused-ring (bicyclic) bond motifs is 1. The van der Waals surface area contributed by atoms with Gasteiger partial charge in [0.2, 0.25) is 15.9 Å². The zero-order chi connectivity index (χ0) is 31.4. The number of rotatable bonds is 9. The monoisotopic (exact) mass is 621 g/mol. The number of halogens is 2. The van der Waals surface area contributed by atoms with E-state index >= 15 is 0 Å². The molecule has 0 spiro atoms. The zero-order valence-corrected chi connectivity index (χ0v) is 26.1. The Bertz CT molecular complexity index is 1320. The van der Waals surface area contributed by atoms with Crippen LogP contribution in [0.25, 0.3) is 0 Å². The maximum absolute atomic E-state index is 14.0. The molecule has 0 saturated carbocycles. The third-order valence-corrected chi connectivity index (χ3v) is 9.72. The smallest absolute Gasteiger partial charge is 0.239 e. The molecule has 1 unspecified atom stereocenters. The van der Waals surface area contributed by atoms with Gasteiger partial charge in [0.1, 0.15) is 23.4 Å². The van der Waals surface area contributed by atoms with E-state index in [1.54, 1.807) is 7.11 Å². The van der Waals surface area contributed by atoms with Gasteiger partial charge < -0.3 is 20.5 Å². The van der Waals surface area contributed by atoms with Crippen LogP contribution in [0, 0.1) is 11.6 Å². The van der Waals surface area contributed by atoms with Crippen LogP contribution < -0.4 is 15.4 Å². The van der Waals surface area contributed by atoms with Crippen molar-refractivity contribution in [3.05, 3.63) is 76.9 Å². The van der Waals surface area contributed by atoms with E-state index in [1.807, 2.05) is 37.3 Å². The lowest BCUT2D eigenvalue weighted by Crippen LogP contribution is -2.55. The van der Waals surface area contributed by atoms with Crippen molar-refractivity contribution in [1.82, 2.24) is 14.9 Å². The van der Waals surface area contributed by atoms with E-state index in [-0.39, 0.29) is 30.7 Å². The number of amides is 1. The molecular weight excluding hydrogens is 576 g/mol. The molecule has 2 aromatic rings. The van der Waals surface area contributed by atoms with Crippen LogP contribution in [0.3, 0.4) is 0 Å². The molecule has 0 aromatic heterocycles. The number of nitrogens with zero attached hydrogens (tertiary/aromatic N) is 1. The first-order valence-corrected chi connectivity index (χ1v) is 16.6. The van der Waals surface area contributed by atoms with Gasteiger partial charge in [-0.2, -0.15) is 4.31 Å². The van der Waals surface area contributed by atoms with Gasteiger partial charge in [-0.1, -0.05) is 38.0 Å². The normalized spacial score (nSPS) is 20.9. The van der Waals surface area contributed by atoms with Gasteiger partial charge in [-0.25, -0.2) is 17.2 Å². The Hall–Kier alpha value is -2.86. The standard InChI is InChI=1S/C32H45F2N3O5S/c1-4-5-10-15-43(40,41)37(2)30-12-9-7-6-8-11-24-13-14-28(42-3)19-25(24)21-35-22-31(38)29(36-32(30)39)18-23-16-26(33)20-27(34)17-23/h7,9,13-14,16-17,19-20,29-31,35,38H,4-6,8,10-12,15,18,21-22H2,1-3H3,(H,36,39)/t29-,30?,31+/m0/s1. The molecule has 43 heavy (non-hydrogen) atoms. The van der Waals surface area contributed by atoms with Gasteiger partial charge >= 0.3 is 0 Å². The highest BCUT2D eigenvalue weighted by molar-refractivity contribution is 7.89.